The highest BCUT2D eigenvalue weighted by Crippen LogP contribution is 2.19. The molecule has 2 aromatic rings. The number of anilines is 1. The number of thiophene rings is 1. The van der Waals surface area contributed by atoms with Crippen LogP contribution in [0.4, 0.5) is 5.82 Å². The number of aromatic nitrogens is 1. The number of aromatic carboxylic acids is 1. The topological polar surface area (TPSA) is 73.7 Å². The monoisotopic (exact) mass is 345 g/mol. The predicted octanol–water partition coefficient (Wildman–Crippen LogP) is 2.12. The van der Waals surface area contributed by atoms with Gasteiger partial charge in [0.1, 0.15) is 11.4 Å². The lowest BCUT2D eigenvalue weighted by molar-refractivity contribution is -0.131. The summed E-state index contributed by atoms with van der Waals surface area (Å²) < 4.78 is 0. The molecule has 0 spiro atoms. The first-order valence-corrected chi connectivity index (χ1v) is 8.76. The molecule has 7 heteroatoms. The summed E-state index contributed by atoms with van der Waals surface area (Å²) in [7, 11) is 0. The predicted molar refractivity (Wildman–Crippen MR) is 92.6 cm³/mol. The summed E-state index contributed by atoms with van der Waals surface area (Å²) in [5.74, 6) is -0.342. The maximum absolute atomic E-state index is 12.3. The summed E-state index contributed by atoms with van der Waals surface area (Å²) >= 11 is 1.67. The van der Waals surface area contributed by atoms with E-state index in [9.17, 15) is 14.7 Å². The second-order valence-corrected chi connectivity index (χ2v) is 6.66. The first-order valence-electron chi connectivity index (χ1n) is 7.88. The zero-order valence-corrected chi connectivity index (χ0v) is 14.0. The van der Waals surface area contributed by atoms with Gasteiger partial charge in [-0.3, -0.25) is 4.79 Å². The molecule has 0 aliphatic carbocycles. The largest absolute Gasteiger partial charge is 0.478 e. The van der Waals surface area contributed by atoms with E-state index in [0.29, 0.717) is 38.4 Å². The molecule has 0 saturated carbocycles. The molecule has 126 valence electrons. The van der Waals surface area contributed by atoms with Crippen LogP contribution in [-0.2, 0) is 11.2 Å². The first kappa shape index (κ1) is 16.4. The molecule has 1 N–H and O–H groups in total. The van der Waals surface area contributed by atoms with E-state index in [4.69, 9.17) is 0 Å². The average Bonchev–Trinajstić information content (AvgIpc) is 3.13. The molecule has 3 heterocycles. The van der Waals surface area contributed by atoms with Crippen LogP contribution in [0.1, 0.15) is 21.7 Å². The maximum Gasteiger partial charge on any atom is 0.339 e. The van der Waals surface area contributed by atoms with Gasteiger partial charge in [0.25, 0.3) is 0 Å². The van der Waals surface area contributed by atoms with Crippen molar-refractivity contribution in [1.82, 2.24) is 9.88 Å². The number of amides is 1. The van der Waals surface area contributed by atoms with Crippen LogP contribution in [0, 0.1) is 0 Å². The molecule has 1 aliphatic heterocycles. The Kier molecular flexibility index (Phi) is 5.10. The van der Waals surface area contributed by atoms with Gasteiger partial charge in [-0.15, -0.1) is 11.3 Å². The number of piperazine rings is 1. The molecule has 6 nitrogen and oxygen atoms in total. The number of hydrogen-bond acceptors (Lipinski definition) is 5. The lowest BCUT2D eigenvalue weighted by Gasteiger charge is -2.36. The minimum absolute atomic E-state index is 0.155. The van der Waals surface area contributed by atoms with Gasteiger partial charge in [-0.1, -0.05) is 6.07 Å². The van der Waals surface area contributed by atoms with Crippen molar-refractivity contribution in [2.24, 2.45) is 0 Å². The maximum atomic E-state index is 12.3. The van der Waals surface area contributed by atoms with E-state index >= 15 is 0 Å². The molecule has 1 fully saturated rings. The summed E-state index contributed by atoms with van der Waals surface area (Å²) in [6, 6.07) is 7.22. The van der Waals surface area contributed by atoms with Gasteiger partial charge in [-0.05, 0) is 30.0 Å². The van der Waals surface area contributed by atoms with Crippen molar-refractivity contribution >= 4 is 29.0 Å². The van der Waals surface area contributed by atoms with Crippen molar-refractivity contribution in [3.63, 3.8) is 0 Å². The number of rotatable bonds is 5. The van der Waals surface area contributed by atoms with E-state index in [-0.39, 0.29) is 11.5 Å². The molecule has 1 amide bonds. The Hall–Kier alpha value is -2.41. The van der Waals surface area contributed by atoms with Gasteiger partial charge in [0.15, 0.2) is 0 Å². The van der Waals surface area contributed by atoms with Gasteiger partial charge in [-0.2, -0.15) is 0 Å². The van der Waals surface area contributed by atoms with Crippen molar-refractivity contribution in [3.05, 3.63) is 46.3 Å². The highest BCUT2D eigenvalue weighted by Gasteiger charge is 2.24. The molecule has 0 radical (unpaired) electrons. The van der Waals surface area contributed by atoms with Crippen LogP contribution in [-0.4, -0.2) is 53.0 Å². The zero-order chi connectivity index (χ0) is 16.9. The molecule has 2 aromatic heterocycles. The Balaban J connectivity index is 1.56. The number of carbonyl (C=O) groups excluding carboxylic acids is 1. The number of carboxylic acid groups (broad SMARTS) is 1. The summed E-state index contributed by atoms with van der Waals surface area (Å²) in [6.07, 6.45) is 2.89. The number of carboxylic acids is 1. The van der Waals surface area contributed by atoms with Crippen LogP contribution in [0.15, 0.2) is 35.8 Å². The van der Waals surface area contributed by atoms with E-state index in [1.807, 2.05) is 27.3 Å². The molecule has 0 bridgehead atoms. The molecular formula is C17H19N3O3S. The van der Waals surface area contributed by atoms with Gasteiger partial charge < -0.3 is 14.9 Å². The van der Waals surface area contributed by atoms with Crippen LogP contribution >= 0.6 is 11.3 Å². The Morgan fingerprint density at radius 3 is 2.62 bits per heavy atom. The van der Waals surface area contributed by atoms with Crippen molar-refractivity contribution in [2.75, 3.05) is 31.1 Å². The third-order valence-corrected chi connectivity index (χ3v) is 5.05. The lowest BCUT2D eigenvalue weighted by Crippen LogP contribution is -2.49. The molecule has 0 unspecified atom stereocenters. The van der Waals surface area contributed by atoms with E-state index < -0.39 is 5.97 Å². The quantitative estimate of drug-likeness (QED) is 0.898. The third-order valence-electron chi connectivity index (χ3n) is 4.11. The van der Waals surface area contributed by atoms with E-state index in [1.165, 1.54) is 4.88 Å². The number of carbonyl (C=O) groups is 2. The SMILES string of the molecule is O=C(O)c1cccnc1N1CCN(C(=O)CCc2cccs2)CC1. The van der Waals surface area contributed by atoms with Crippen LogP contribution < -0.4 is 4.90 Å². The fraction of sp³-hybridized carbons (Fsp3) is 0.353. The number of pyridine rings is 1. The normalized spacial score (nSPS) is 14.7. The molecule has 1 saturated heterocycles. The van der Waals surface area contributed by atoms with Crippen molar-refractivity contribution in [2.45, 2.75) is 12.8 Å². The molecule has 0 atom stereocenters. The minimum Gasteiger partial charge on any atom is -0.478 e. The van der Waals surface area contributed by atoms with Crippen LogP contribution in [0.5, 0.6) is 0 Å². The standard InChI is InChI=1S/C17H19N3O3S/c21-15(6-5-13-3-2-12-24-13)19-8-10-20(11-9-19)16-14(17(22)23)4-1-7-18-16/h1-4,7,12H,5-6,8-11H2,(H,22,23). The third kappa shape index (κ3) is 3.73. The molecular weight excluding hydrogens is 326 g/mol. The molecule has 0 aromatic carbocycles. The lowest BCUT2D eigenvalue weighted by atomic mass is 10.2. The molecule has 3 rings (SSSR count). The number of nitrogens with zero attached hydrogens (tertiary/aromatic N) is 3. The van der Waals surface area contributed by atoms with Crippen LogP contribution in [0.25, 0.3) is 0 Å². The summed E-state index contributed by atoms with van der Waals surface area (Å²) in [4.78, 5) is 32.8. The second kappa shape index (κ2) is 7.44. The van der Waals surface area contributed by atoms with Gasteiger partial charge in [0.05, 0.1) is 0 Å². The van der Waals surface area contributed by atoms with Gasteiger partial charge in [0.2, 0.25) is 5.91 Å². The fourth-order valence-corrected chi connectivity index (χ4v) is 3.54. The van der Waals surface area contributed by atoms with E-state index in [2.05, 4.69) is 4.98 Å². The average molecular weight is 345 g/mol. The summed E-state index contributed by atoms with van der Waals surface area (Å²) in [5, 5.41) is 11.3. The van der Waals surface area contributed by atoms with Crippen molar-refractivity contribution < 1.29 is 14.7 Å². The Morgan fingerprint density at radius 2 is 1.96 bits per heavy atom. The number of aryl methyl sites for hydroxylation is 1. The second-order valence-electron chi connectivity index (χ2n) is 5.63. The van der Waals surface area contributed by atoms with Gasteiger partial charge >= 0.3 is 5.97 Å². The Bertz CT molecular complexity index is 710. The molecule has 1 aliphatic rings. The molecule has 24 heavy (non-hydrogen) atoms. The smallest absolute Gasteiger partial charge is 0.339 e. The van der Waals surface area contributed by atoms with Gasteiger partial charge in [-0.25, -0.2) is 9.78 Å². The Labute approximate surface area is 144 Å². The highest BCUT2D eigenvalue weighted by molar-refractivity contribution is 7.09. The zero-order valence-electron chi connectivity index (χ0n) is 13.2. The van der Waals surface area contributed by atoms with E-state index in [1.54, 1.807) is 29.7 Å². The fourth-order valence-electron chi connectivity index (χ4n) is 2.83. The van der Waals surface area contributed by atoms with E-state index in [0.717, 1.165) is 6.42 Å². The van der Waals surface area contributed by atoms with Crippen LogP contribution in [0.2, 0.25) is 0 Å². The van der Waals surface area contributed by atoms with Crippen molar-refractivity contribution in [3.8, 4) is 0 Å². The number of hydrogen-bond donors (Lipinski definition) is 1. The first-order chi connectivity index (χ1) is 11.6. The highest BCUT2D eigenvalue weighted by atomic mass is 32.1. The minimum atomic E-state index is -0.979. The summed E-state index contributed by atoms with van der Waals surface area (Å²) in [5.41, 5.74) is 0.204. The summed E-state index contributed by atoms with van der Waals surface area (Å²) in [6.45, 7) is 2.39. The van der Waals surface area contributed by atoms with Crippen molar-refractivity contribution in [1.29, 1.82) is 0 Å². The van der Waals surface area contributed by atoms with Crippen LogP contribution in [0.3, 0.4) is 0 Å². The Morgan fingerprint density at radius 1 is 1.17 bits per heavy atom. The van der Waals surface area contributed by atoms with Gasteiger partial charge in [0, 0.05) is 43.7 Å².